The predicted octanol–water partition coefficient (Wildman–Crippen LogP) is 3.14. The van der Waals surface area contributed by atoms with Crippen LogP contribution in [0.1, 0.15) is 31.2 Å². The lowest BCUT2D eigenvalue weighted by Crippen LogP contribution is -2.47. The Balaban J connectivity index is 1.73. The van der Waals surface area contributed by atoms with Crippen LogP contribution in [0.25, 0.3) is 11.3 Å². The number of aromatic nitrogens is 5. The summed E-state index contributed by atoms with van der Waals surface area (Å²) < 4.78 is 30.6. The summed E-state index contributed by atoms with van der Waals surface area (Å²) in [7, 11) is 1.72. The Morgan fingerprint density at radius 3 is 2.72 bits per heavy atom. The van der Waals surface area contributed by atoms with E-state index in [1.807, 2.05) is 11.8 Å². The van der Waals surface area contributed by atoms with Crippen LogP contribution < -0.4 is 4.90 Å². The first-order chi connectivity index (χ1) is 13.9. The molecule has 2 atom stereocenters. The van der Waals surface area contributed by atoms with Crippen molar-refractivity contribution in [3.8, 4) is 17.3 Å². The molecule has 0 amide bonds. The summed E-state index contributed by atoms with van der Waals surface area (Å²) in [5.41, 5.74) is 0.546. The minimum atomic E-state index is -1.60. The van der Waals surface area contributed by atoms with Gasteiger partial charge in [-0.05, 0) is 25.1 Å². The van der Waals surface area contributed by atoms with Gasteiger partial charge in [0.1, 0.15) is 12.4 Å². The summed E-state index contributed by atoms with van der Waals surface area (Å²) in [6.45, 7) is 2.28. The average molecular weight is 395 g/mol. The zero-order valence-electron chi connectivity index (χ0n) is 16.0. The lowest BCUT2D eigenvalue weighted by Gasteiger charge is -2.42. The molecule has 3 aromatic heterocycles. The number of alkyl halides is 1. The molecular formula is C20H19F2N7. The zero-order chi connectivity index (χ0) is 20.6. The molecule has 7 nitrogen and oxygen atoms in total. The Kier molecular flexibility index (Phi) is 4.70. The van der Waals surface area contributed by atoms with Gasteiger partial charge in [-0.3, -0.25) is 4.98 Å². The van der Waals surface area contributed by atoms with Gasteiger partial charge in [0.15, 0.2) is 11.5 Å². The monoisotopic (exact) mass is 395 g/mol. The lowest BCUT2D eigenvalue weighted by molar-refractivity contribution is 0.0930. The normalized spacial score (nSPS) is 21.8. The second-order valence-corrected chi connectivity index (χ2v) is 7.26. The standard InChI is InChI=1S/C20H19F2N7/c1-13-9-20(22,19-27-26-12-28(19)2)6-8-29(13)18-14(10-23)5-7-24-17(18)15-3-4-16(21)25-11-15/h3-5,7,11-13H,6,8-9H2,1-2H3/t13-,20+/m1/s1. The Labute approximate surface area is 166 Å². The molecule has 0 N–H and O–H groups in total. The highest BCUT2D eigenvalue weighted by molar-refractivity contribution is 5.79. The van der Waals surface area contributed by atoms with Crippen LogP contribution in [0.15, 0.2) is 36.9 Å². The number of piperidine rings is 1. The smallest absolute Gasteiger partial charge is 0.212 e. The van der Waals surface area contributed by atoms with E-state index in [1.165, 1.54) is 24.8 Å². The Bertz CT molecular complexity index is 1070. The van der Waals surface area contributed by atoms with Crippen LogP contribution in [-0.4, -0.2) is 37.3 Å². The maximum atomic E-state index is 15.7. The summed E-state index contributed by atoms with van der Waals surface area (Å²) in [4.78, 5) is 10.1. The molecule has 0 bridgehead atoms. The van der Waals surface area contributed by atoms with Crippen LogP contribution in [-0.2, 0) is 12.7 Å². The van der Waals surface area contributed by atoms with E-state index in [9.17, 15) is 9.65 Å². The number of hydrogen-bond donors (Lipinski definition) is 0. The quantitative estimate of drug-likeness (QED) is 0.634. The molecule has 0 spiro atoms. The van der Waals surface area contributed by atoms with Crippen molar-refractivity contribution >= 4 is 5.69 Å². The largest absolute Gasteiger partial charge is 0.366 e. The SMILES string of the molecule is C[C@@H]1C[C@](F)(c2nncn2C)CCN1c1c(C#N)ccnc1-c1ccc(F)nc1. The van der Waals surface area contributed by atoms with E-state index in [1.54, 1.807) is 23.7 Å². The van der Waals surface area contributed by atoms with E-state index in [0.29, 0.717) is 34.9 Å². The van der Waals surface area contributed by atoms with Crippen LogP contribution in [0, 0.1) is 17.3 Å². The van der Waals surface area contributed by atoms with Gasteiger partial charge >= 0.3 is 0 Å². The molecule has 1 fully saturated rings. The third kappa shape index (κ3) is 3.31. The van der Waals surface area contributed by atoms with Crippen LogP contribution in [0.2, 0.25) is 0 Å². The van der Waals surface area contributed by atoms with Crippen molar-refractivity contribution in [1.82, 2.24) is 24.7 Å². The number of aryl methyl sites for hydroxylation is 1. The third-order valence-electron chi connectivity index (χ3n) is 5.34. The summed E-state index contributed by atoms with van der Waals surface area (Å²) >= 11 is 0. The first-order valence-electron chi connectivity index (χ1n) is 9.24. The molecule has 1 aliphatic rings. The van der Waals surface area contributed by atoms with E-state index in [4.69, 9.17) is 0 Å². The van der Waals surface area contributed by atoms with Crippen molar-refractivity contribution in [2.45, 2.75) is 31.5 Å². The van der Waals surface area contributed by atoms with Gasteiger partial charge in [-0.2, -0.15) is 9.65 Å². The van der Waals surface area contributed by atoms with Gasteiger partial charge in [-0.15, -0.1) is 10.2 Å². The Morgan fingerprint density at radius 2 is 2.10 bits per heavy atom. The van der Waals surface area contributed by atoms with Crippen molar-refractivity contribution in [1.29, 1.82) is 5.26 Å². The van der Waals surface area contributed by atoms with Gasteiger partial charge < -0.3 is 9.47 Å². The molecule has 4 rings (SSSR count). The Morgan fingerprint density at radius 1 is 1.28 bits per heavy atom. The number of rotatable bonds is 3. The minimum absolute atomic E-state index is 0.195. The molecule has 0 saturated carbocycles. The van der Waals surface area contributed by atoms with Crippen LogP contribution in [0.5, 0.6) is 0 Å². The molecular weight excluding hydrogens is 376 g/mol. The number of nitrogens with zero attached hydrogens (tertiary/aromatic N) is 7. The van der Waals surface area contributed by atoms with Gasteiger partial charge in [0.05, 0.1) is 16.9 Å². The highest BCUT2D eigenvalue weighted by Crippen LogP contribution is 2.42. The zero-order valence-corrected chi connectivity index (χ0v) is 16.0. The number of hydrogen-bond acceptors (Lipinski definition) is 6. The molecule has 29 heavy (non-hydrogen) atoms. The van der Waals surface area contributed by atoms with Gasteiger partial charge in [-0.25, -0.2) is 9.37 Å². The summed E-state index contributed by atoms with van der Waals surface area (Å²) in [6, 6.07) is 6.42. The molecule has 0 aromatic carbocycles. The molecule has 0 aliphatic carbocycles. The van der Waals surface area contributed by atoms with E-state index in [2.05, 4.69) is 26.2 Å². The fourth-order valence-corrected chi connectivity index (χ4v) is 3.98. The van der Waals surface area contributed by atoms with Crippen molar-refractivity contribution < 1.29 is 8.78 Å². The van der Waals surface area contributed by atoms with Crippen molar-refractivity contribution in [3.05, 3.63) is 54.3 Å². The lowest BCUT2D eigenvalue weighted by atomic mass is 9.86. The molecule has 9 heteroatoms. The van der Waals surface area contributed by atoms with Crippen LogP contribution in [0.3, 0.4) is 0 Å². The molecule has 4 heterocycles. The number of halogens is 2. The van der Waals surface area contributed by atoms with Gasteiger partial charge in [0.2, 0.25) is 5.95 Å². The van der Waals surface area contributed by atoms with E-state index >= 15 is 4.39 Å². The average Bonchev–Trinajstić information content (AvgIpc) is 3.15. The second kappa shape index (κ2) is 7.20. The first kappa shape index (κ1) is 18.9. The fraction of sp³-hybridized carbons (Fsp3) is 0.350. The first-order valence-corrected chi connectivity index (χ1v) is 9.24. The molecule has 1 saturated heterocycles. The van der Waals surface area contributed by atoms with Gasteiger partial charge in [-0.1, -0.05) is 0 Å². The van der Waals surface area contributed by atoms with E-state index in [-0.39, 0.29) is 18.9 Å². The molecule has 0 radical (unpaired) electrons. The molecule has 3 aromatic rings. The summed E-state index contributed by atoms with van der Waals surface area (Å²) in [6.07, 6.45) is 4.80. The minimum Gasteiger partial charge on any atom is -0.366 e. The van der Waals surface area contributed by atoms with Gasteiger partial charge in [0, 0.05) is 50.4 Å². The molecule has 1 aliphatic heterocycles. The predicted molar refractivity (Wildman–Crippen MR) is 102 cm³/mol. The summed E-state index contributed by atoms with van der Waals surface area (Å²) in [5.74, 6) is -0.289. The van der Waals surface area contributed by atoms with Crippen molar-refractivity contribution in [2.75, 3.05) is 11.4 Å². The highest BCUT2D eigenvalue weighted by Gasteiger charge is 2.44. The topological polar surface area (TPSA) is 83.5 Å². The molecule has 0 unspecified atom stereocenters. The van der Waals surface area contributed by atoms with E-state index < -0.39 is 11.6 Å². The number of anilines is 1. The number of nitriles is 1. The van der Waals surface area contributed by atoms with Crippen molar-refractivity contribution in [3.63, 3.8) is 0 Å². The maximum absolute atomic E-state index is 15.7. The second-order valence-electron chi connectivity index (χ2n) is 7.26. The summed E-state index contributed by atoms with van der Waals surface area (Å²) in [5, 5.41) is 17.4. The van der Waals surface area contributed by atoms with Gasteiger partial charge in [0.25, 0.3) is 0 Å². The fourth-order valence-electron chi connectivity index (χ4n) is 3.98. The van der Waals surface area contributed by atoms with Crippen molar-refractivity contribution in [2.24, 2.45) is 7.05 Å². The van der Waals surface area contributed by atoms with E-state index in [0.717, 1.165) is 0 Å². The third-order valence-corrected chi connectivity index (χ3v) is 5.34. The highest BCUT2D eigenvalue weighted by atomic mass is 19.1. The Hall–Kier alpha value is -3.41. The number of pyridine rings is 2. The molecule has 148 valence electrons. The van der Waals surface area contributed by atoms with Crippen LogP contribution in [0.4, 0.5) is 14.5 Å². The maximum Gasteiger partial charge on any atom is 0.212 e. The van der Waals surface area contributed by atoms with Crippen LogP contribution >= 0.6 is 0 Å².